The van der Waals surface area contributed by atoms with Crippen LogP contribution in [-0.2, 0) is 4.79 Å². The van der Waals surface area contributed by atoms with E-state index in [0.717, 1.165) is 0 Å². The zero-order valence-electron chi connectivity index (χ0n) is 9.92. The van der Waals surface area contributed by atoms with Crippen LogP contribution in [-0.4, -0.2) is 53.9 Å². The summed E-state index contributed by atoms with van der Waals surface area (Å²) in [6.45, 7) is 1.20. The molecule has 0 saturated carbocycles. The van der Waals surface area contributed by atoms with Crippen molar-refractivity contribution >= 4 is 11.6 Å². The molecule has 92 valence electrons. The summed E-state index contributed by atoms with van der Waals surface area (Å²) >= 11 is 0. The lowest BCUT2D eigenvalue weighted by molar-refractivity contribution is -0.114. The molecule has 17 heavy (non-hydrogen) atoms. The molecule has 6 heteroatoms. The van der Waals surface area contributed by atoms with E-state index in [-0.39, 0.29) is 5.71 Å². The molecule has 1 rings (SSSR count). The van der Waals surface area contributed by atoms with Gasteiger partial charge in [0, 0.05) is 19.3 Å². The third-order valence-electron chi connectivity index (χ3n) is 2.07. The fourth-order valence-corrected chi connectivity index (χ4v) is 1.19. The fraction of sp³-hybridized carbons (Fsp3) is 0.364. The van der Waals surface area contributed by atoms with Crippen LogP contribution in [0, 0.1) is 0 Å². The molecule has 1 aromatic rings. The van der Waals surface area contributed by atoms with Crippen molar-refractivity contribution in [2.75, 3.05) is 27.2 Å². The molecule has 0 fully saturated rings. The Morgan fingerprint density at radius 3 is 2.82 bits per heavy atom. The van der Waals surface area contributed by atoms with Crippen molar-refractivity contribution in [2.45, 2.75) is 0 Å². The third-order valence-corrected chi connectivity index (χ3v) is 2.07. The summed E-state index contributed by atoms with van der Waals surface area (Å²) in [5, 5.41) is 14.5. The smallest absolute Gasteiger partial charge is 0.275 e. The van der Waals surface area contributed by atoms with E-state index in [1.54, 1.807) is 18.2 Å². The minimum atomic E-state index is -0.437. The van der Waals surface area contributed by atoms with E-state index in [1.165, 1.54) is 6.20 Å². The van der Waals surface area contributed by atoms with Gasteiger partial charge in [-0.3, -0.25) is 9.78 Å². The predicted molar refractivity (Wildman–Crippen MR) is 64.1 cm³/mol. The minimum Gasteiger partial charge on any atom is -0.410 e. The molecule has 0 aliphatic carbocycles. The molecule has 0 saturated heterocycles. The average molecular weight is 236 g/mol. The van der Waals surface area contributed by atoms with Gasteiger partial charge >= 0.3 is 0 Å². The third kappa shape index (κ3) is 4.20. The number of oxime groups is 1. The Kier molecular flexibility index (Phi) is 5.09. The van der Waals surface area contributed by atoms with Gasteiger partial charge in [-0.15, -0.1) is 0 Å². The van der Waals surface area contributed by atoms with Gasteiger partial charge in [-0.2, -0.15) is 0 Å². The van der Waals surface area contributed by atoms with Crippen molar-refractivity contribution < 1.29 is 10.0 Å². The van der Waals surface area contributed by atoms with Gasteiger partial charge in [0.1, 0.15) is 0 Å². The van der Waals surface area contributed by atoms with Crippen LogP contribution in [0.1, 0.15) is 5.69 Å². The number of likely N-dealkylation sites (N-methyl/N-ethyl adjacent to an activating group) is 1. The summed E-state index contributed by atoms with van der Waals surface area (Å²) in [6, 6.07) is 5.06. The molecule has 1 heterocycles. The highest BCUT2D eigenvalue weighted by Crippen LogP contribution is 1.96. The zero-order chi connectivity index (χ0) is 12.7. The van der Waals surface area contributed by atoms with Crippen molar-refractivity contribution in [1.29, 1.82) is 0 Å². The van der Waals surface area contributed by atoms with Gasteiger partial charge in [-0.1, -0.05) is 11.2 Å². The van der Waals surface area contributed by atoms with Crippen LogP contribution in [0.3, 0.4) is 0 Å². The van der Waals surface area contributed by atoms with Gasteiger partial charge in [0.15, 0.2) is 5.71 Å². The van der Waals surface area contributed by atoms with Crippen molar-refractivity contribution in [3.8, 4) is 0 Å². The van der Waals surface area contributed by atoms with E-state index in [4.69, 9.17) is 5.21 Å². The number of hydrogen-bond donors (Lipinski definition) is 2. The maximum absolute atomic E-state index is 11.7. The second kappa shape index (κ2) is 6.59. The van der Waals surface area contributed by atoms with E-state index in [0.29, 0.717) is 18.8 Å². The second-order valence-electron chi connectivity index (χ2n) is 3.72. The first kappa shape index (κ1) is 13.1. The molecule has 2 N–H and O–H groups in total. The molecule has 0 spiro atoms. The summed E-state index contributed by atoms with van der Waals surface area (Å²) in [7, 11) is 3.82. The number of amides is 1. The Bertz CT molecular complexity index is 390. The van der Waals surface area contributed by atoms with Gasteiger partial charge in [-0.25, -0.2) is 0 Å². The lowest BCUT2D eigenvalue weighted by atomic mass is 10.2. The Hall–Kier alpha value is -1.95. The largest absolute Gasteiger partial charge is 0.410 e. The first-order chi connectivity index (χ1) is 8.15. The summed E-state index contributed by atoms with van der Waals surface area (Å²) in [6.07, 6.45) is 1.54. The second-order valence-corrected chi connectivity index (χ2v) is 3.72. The average Bonchev–Trinajstić information content (AvgIpc) is 2.31. The van der Waals surface area contributed by atoms with Crippen LogP contribution in [0.5, 0.6) is 0 Å². The van der Waals surface area contributed by atoms with Crippen molar-refractivity contribution in [3.63, 3.8) is 0 Å². The van der Waals surface area contributed by atoms with Gasteiger partial charge in [0.2, 0.25) is 0 Å². The molecular weight excluding hydrogens is 220 g/mol. The number of aromatic nitrogens is 1. The van der Waals surface area contributed by atoms with E-state index in [9.17, 15) is 4.79 Å². The molecule has 0 aliphatic heterocycles. The molecule has 0 aliphatic rings. The van der Waals surface area contributed by atoms with Gasteiger partial charge in [-0.05, 0) is 26.2 Å². The maximum Gasteiger partial charge on any atom is 0.275 e. The Balaban J connectivity index is 2.61. The van der Waals surface area contributed by atoms with Crippen LogP contribution >= 0.6 is 0 Å². The number of carbonyl (C=O) groups excluding carboxylic acids is 1. The normalized spacial score (nSPS) is 11.6. The molecule has 1 amide bonds. The molecular formula is C11H16N4O2. The van der Waals surface area contributed by atoms with Crippen LogP contribution in [0.25, 0.3) is 0 Å². The highest BCUT2D eigenvalue weighted by atomic mass is 16.4. The topological polar surface area (TPSA) is 77.8 Å². The fourth-order valence-electron chi connectivity index (χ4n) is 1.19. The summed E-state index contributed by atoms with van der Waals surface area (Å²) in [5.74, 6) is -0.437. The number of hydrogen-bond acceptors (Lipinski definition) is 5. The Morgan fingerprint density at radius 2 is 2.29 bits per heavy atom. The zero-order valence-corrected chi connectivity index (χ0v) is 9.92. The van der Waals surface area contributed by atoms with E-state index in [1.807, 2.05) is 19.0 Å². The summed E-state index contributed by atoms with van der Waals surface area (Å²) in [5.41, 5.74) is 0.265. The first-order valence-corrected chi connectivity index (χ1v) is 5.21. The quantitative estimate of drug-likeness (QED) is 0.426. The molecule has 0 unspecified atom stereocenters. The predicted octanol–water partition coefficient (Wildman–Crippen LogP) is -0.0623. The number of pyridine rings is 1. The van der Waals surface area contributed by atoms with Gasteiger partial charge < -0.3 is 15.4 Å². The lowest BCUT2D eigenvalue weighted by Crippen LogP contribution is -2.36. The van der Waals surface area contributed by atoms with E-state index in [2.05, 4.69) is 15.5 Å². The van der Waals surface area contributed by atoms with Crippen molar-refractivity contribution in [3.05, 3.63) is 30.1 Å². The lowest BCUT2D eigenvalue weighted by Gasteiger charge is -2.10. The Morgan fingerprint density at radius 1 is 1.53 bits per heavy atom. The number of rotatable bonds is 5. The molecule has 1 aromatic heterocycles. The number of nitrogens with zero attached hydrogens (tertiary/aromatic N) is 3. The molecule has 0 radical (unpaired) electrons. The number of carbonyl (C=O) groups is 1. The first-order valence-electron chi connectivity index (χ1n) is 5.21. The molecule has 0 atom stereocenters. The van der Waals surface area contributed by atoms with Crippen LogP contribution in [0.4, 0.5) is 0 Å². The van der Waals surface area contributed by atoms with Crippen molar-refractivity contribution in [2.24, 2.45) is 5.16 Å². The Labute approximate surface area is 100.0 Å². The van der Waals surface area contributed by atoms with Crippen LogP contribution in [0.2, 0.25) is 0 Å². The molecule has 6 nitrogen and oxygen atoms in total. The SMILES string of the molecule is CN(C)CCNC(=O)/C(=N/O)c1ccccn1. The summed E-state index contributed by atoms with van der Waals surface area (Å²) < 4.78 is 0. The molecule has 0 aromatic carbocycles. The van der Waals surface area contributed by atoms with Crippen molar-refractivity contribution in [1.82, 2.24) is 15.2 Å². The number of nitrogens with one attached hydrogen (secondary N) is 1. The highest BCUT2D eigenvalue weighted by molar-refractivity contribution is 6.44. The standard InChI is InChI=1S/C11H16N4O2/c1-15(2)8-7-13-11(16)10(14-17)9-5-3-4-6-12-9/h3-6,17H,7-8H2,1-2H3,(H,13,16)/b14-10+. The van der Waals surface area contributed by atoms with E-state index >= 15 is 0 Å². The highest BCUT2D eigenvalue weighted by Gasteiger charge is 2.15. The van der Waals surface area contributed by atoms with Crippen LogP contribution in [0.15, 0.2) is 29.6 Å². The minimum absolute atomic E-state index is 0.0793. The monoisotopic (exact) mass is 236 g/mol. The summed E-state index contributed by atoms with van der Waals surface area (Å²) in [4.78, 5) is 17.6. The maximum atomic E-state index is 11.7. The van der Waals surface area contributed by atoms with Gasteiger partial charge in [0.05, 0.1) is 5.69 Å². The van der Waals surface area contributed by atoms with Crippen LogP contribution < -0.4 is 5.32 Å². The molecule has 0 bridgehead atoms. The van der Waals surface area contributed by atoms with Gasteiger partial charge in [0.25, 0.3) is 5.91 Å². The van der Waals surface area contributed by atoms with E-state index < -0.39 is 5.91 Å².